The molecule has 2 amide bonds. The number of fused-ring (bicyclic) bond motifs is 1. The normalized spacial score (nSPS) is 24.5. The molecular formula is C15H18N2O4. The van der Waals surface area contributed by atoms with E-state index in [0.29, 0.717) is 19.8 Å². The number of hydrogen-bond donors (Lipinski definition) is 2. The van der Waals surface area contributed by atoms with Crippen LogP contribution < -0.4 is 5.32 Å². The second kappa shape index (κ2) is 5.73. The van der Waals surface area contributed by atoms with Crippen molar-refractivity contribution in [1.29, 1.82) is 0 Å². The smallest absolute Gasteiger partial charge is 0.318 e. The summed E-state index contributed by atoms with van der Waals surface area (Å²) in [6, 6.07) is 7.21. The number of carbonyl (C=O) groups is 2. The number of ether oxygens (including phenoxy) is 1. The zero-order chi connectivity index (χ0) is 14.8. The highest BCUT2D eigenvalue weighted by Gasteiger charge is 2.33. The molecule has 1 aromatic rings. The van der Waals surface area contributed by atoms with Crippen LogP contribution in [0, 0.1) is 0 Å². The van der Waals surface area contributed by atoms with Crippen LogP contribution in [0.15, 0.2) is 24.3 Å². The number of nitrogens with one attached hydrogen (secondary N) is 1. The number of amides is 2. The van der Waals surface area contributed by atoms with Crippen molar-refractivity contribution in [3.8, 4) is 0 Å². The highest BCUT2D eigenvalue weighted by atomic mass is 16.5. The predicted octanol–water partition coefficient (Wildman–Crippen LogP) is 1.17. The van der Waals surface area contributed by atoms with Crippen LogP contribution in [0.5, 0.6) is 0 Å². The van der Waals surface area contributed by atoms with E-state index in [4.69, 9.17) is 4.74 Å². The molecular weight excluding hydrogens is 272 g/mol. The van der Waals surface area contributed by atoms with Crippen molar-refractivity contribution in [2.45, 2.75) is 24.9 Å². The molecule has 1 saturated heterocycles. The lowest BCUT2D eigenvalue weighted by molar-refractivity contribution is -0.139. The first-order valence-corrected chi connectivity index (χ1v) is 7.09. The van der Waals surface area contributed by atoms with Crippen molar-refractivity contribution in [3.05, 3.63) is 35.4 Å². The summed E-state index contributed by atoms with van der Waals surface area (Å²) in [5, 5.41) is 12.3. The Morgan fingerprint density at radius 3 is 2.86 bits per heavy atom. The average molecular weight is 290 g/mol. The van der Waals surface area contributed by atoms with Crippen molar-refractivity contribution < 1.29 is 19.4 Å². The van der Waals surface area contributed by atoms with Crippen LogP contribution >= 0.6 is 0 Å². The van der Waals surface area contributed by atoms with Crippen molar-refractivity contribution in [2.75, 3.05) is 19.8 Å². The van der Waals surface area contributed by atoms with Crippen molar-refractivity contribution in [2.24, 2.45) is 0 Å². The Morgan fingerprint density at radius 2 is 2.14 bits per heavy atom. The number of nitrogens with zero attached hydrogens (tertiary/aromatic N) is 1. The summed E-state index contributed by atoms with van der Waals surface area (Å²) in [4.78, 5) is 25.3. The molecule has 0 saturated carbocycles. The number of rotatable bonds is 2. The SMILES string of the molecule is O=C(O)C1CN(C(=O)NC2CCOC2)Cc2ccccc21. The minimum Gasteiger partial charge on any atom is -0.481 e. The number of urea groups is 1. The van der Waals surface area contributed by atoms with Crippen molar-refractivity contribution in [1.82, 2.24) is 10.2 Å². The van der Waals surface area contributed by atoms with Gasteiger partial charge in [-0.05, 0) is 17.5 Å². The number of carbonyl (C=O) groups excluding carboxylic acids is 1. The van der Waals surface area contributed by atoms with E-state index in [-0.39, 0.29) is 18.6 Å². The second-order valence-electron chi connectivity index (χ2n) is 5.48. The third-order valence-corrected chi connectivity index (χ3v) is 4.04. The van der Waals surface area contributed by atoms with Gasteiger partial charge in [-0.3, -0.25) is 4.79 Å². The van der Waals surface area contributed by atoms with Gasteiger partial charge < -0.3 is 20.1 Å². The first-order chi connectivity index (χ1) is 10.1. The van der Waals surface area contributed by atoms with Crippen LogP contribution in [0.3, 0.4) is 0 Å². The zero-order valence-electron chi connectivity index (χ0n) is 11.6. The van der Waals surface area contributed by atoms with Gasteiger partial charge in [0.1, 0.15) is 0 Å². The molecule has 0 aromatic heterocycles. The number of carboxylic acid groups (broad SMARTS) is 1. The standard InChI is InChI=1S/C15H18N2O4/c18-14(19)13-8-17(7-10-3-1-2-4-12(10)13)15(20)16-11-5-6-21-9-11/h1-4,11,13H,5-9H2,(H,16,20)(H,18,19). The Kier molecular flexibility index (Phi) is 3.79. The Morgan fingerprint density at radius 1 is 1.33 bits per heavy atom. The summed E-state index contributed by atoms with van der Waals surface area (Å²) in [5.74, 6) is -1.57. The summed E-state index contributed by atoms with van der Waals surface area (Å²) in [6.07, 6.45) is 0.804. The molecule has 2 aliphatic rings. The van der Waals surface area contributed by atoms with Crippen LogP contribution in [0.25, 0.3) is 0 Å². The molecule has 2 atom stereocenters. The number of benzene rings is 1. The van der Waals surface area contributed by atoms with Crippen LogP contribution in [-0.4, -0.2) is 47.8 Å². The summed E-state index contributed by atoms with van der Waals surface area (Å²) in [5.41, 5.74) is 1.70. The van der Waals surface area contributed by atoms with Gasteiger partial charge in [-0.15, -0.1) is 0 Å². The van der Waals surface area contributed by atoms with Crippen LogP contribution in [0.2, 0.25) is 0 Å². The molecule has 2 aliphatic heterocycles. The third-order valence-electron chi connectivity index (χ3n) is 4.04. The minimum atomic E-state index is -0.899. The van der Waals surface area contributed by atoms with E-state index in [0.717, 1.165) is 17.5 Å². The molecule has 1 fully saturated rings. The van der Waals surface area contributed by atoms with Crippen LogP contribution in [-0.2, 0) is 16.1 Å². The first-order valence-electron chi connectivity index (χ1n) is 7.09. The van der Waals surface area contributed by atoms with E-state index in [9.17, 15) is 14.7 Å². The largest absolute Gasteiger partial charge is 0.481 e. The van der Waals surface area contributed by atoms with Crippen molar-refractivity contribution >= 4 is 12.0 Å². The average Bonchev–Trinajstić information content (AvgIpc) is 2.98. The highest BCUT2D eigenvalue weighted by Crippen LogP contribution is 2.28. The molecule has 6 heteroatoms. The fourth-order valence-corrected chi connectivity index (χ4v) is 2.89. The first kappa shape index (κ1) is 13.9. The molecule has 21 heavy (non-hydrogen) atoms. The van der Waals surface area contributed by atoms with E-state index in [2.05, 4.69) is 5.32 Å². The van der Waals surface area contributed by atoms with E-state index in [1.807, 2.05) is 24.3 Å². The van der Waals surface area contributed by atoms with E-state index in [1.165, 1.54) is 0 Å². The summed E-state index contributed by atoms with van der Waals surface area (Å²) >= 11 is 0. The molecule has 2 N–H and O–H groups in total. The lowest BCUT2D eigenvalue weighted by Crippen LogP contribution is -2.48. The Labute approximate surface area is 122 Å². The molecule has 3 rings (SSSR count). The van der Waals surface area contributed by atoms with Crippen molar-refractivity contribution in [3.63, 3.8) is 0 Å². The maximum Gasteiger partial charge on any atom is 0.318 e. The monoisotopic (exact) mass is 290 g/mol. The predicted molar refractivity (Wildman–Crippen MR) is 75.0 cm³/mol. The van der Waals surface area contributed by atoms with Gasteiger partial charge in [-0.25, -0.2) is 4.79 Å². The van der Waals surface area contributed by atoms with Gasteiger partial charge in [0.15, 0.2) is 0 Å². The van der Waals surface area contributed by atoms with Gasteiger partial charge in [0.05, 0.1) is 18.6 Å². The Bertz CT molecular complexity index is 554. The van der Waals surface area contributed by atoms with Crippen LogP contribution in [0.1, 0.15) is 23.5 Å². The summed E-state index contributed by atoms with van der Waals surface area (Å²) in [7, 11) is 0. The second-order valence-corrected chi connectivity index (χ2v) is 5.48. The molecule has 2 heterocycles. The third kappa shape index (κ3) is 2.85. The Hall–Kier alpha value is -2.08. The number of hydrogen-bond acceptors (Lipinski definition) is 3. The molecule has 0 aliphatic carbocycles. The molecule has 0 bridgehead atoms. The molecule has 6 nitrogen and oxygen atoms in total. The van der Waals surface area contributed by atoms with Gasteiger partial charge in [0, 0.05) is 19.7 Å². The molecule has 112 valence electrons. The lowest BCUT2D eigenvalue weighted by Gasteiger charge is -2.33. The summed E-state index contributed by atoms with van der Waals surface area (Å²) < 4.78 is 5.23. The van der Waals surface area contributed by atoms with Crippen LogP contribution in [0.4, 0.5) is 4.79 Å². The van der Waals surface area contributed by atoms with Gasteiger partial charge in [0.25, 0.3) is 0 Å². The van der Waals surface area contributed by atoms with Gasteiger partial charge in [-0.2, -0.15) is 0 Å². The fraction of sp³-hybridized carbons (Fsp3) is 0.467. The Balaban J connectivity index is 1.76. The molecule has 1 aromatic carbocycles. The van der Waals surface area contributed by atoms with E-state index >= 15 is 0 Å². The molecule has 0 radical (unpaired) electrons. The van der Waals surface area contributed by atoms with Gasteiger partial charge in [-0.1, -0.05) is 24.3 Å². The maximum absolute atomic E-state index is 12.3. The number of aliphatic carboxylic acids is 1. The zero-order valence-corrected chi connectivity index (χ0v) is 11.6. The molecule has 0 spiro atoms. The quantitative estimate of drug-likeness (QED) is 0.857. The minimum absolute atomic E-state index is 0.0259. The highest BCUT2D eigenvalue weighted by molar-refractivity contribution is 5.81. The van der Waals surface area contributed by atoms with E-state index < -0.39 is 11.9 Å². The van der Waals surface area contributed by atoms with Gasteiger partial charge >= 0.3 is 12.0 Å². The number of carboxylic acids is 1. The van der Waals surface area contributed by atoms with E-state index in [1.54, 1.807) is 4.90 Å². The maximum atomic E-state index is 12.3. The topological polar surface area (TPSA) is 78.9 Å². The fourth-order valence-electron chi connectivity index (χ4n) is 2.89. The van der Waals surface area contributed by atoms with Gasteiger partial charge in [0.2, 0.25) is 0 Å². The lowest BCUT2D eigenvalue weighted by atomic mass is 9.90. The summed E-state index contributed by atoms with van der Waals surface area (Å²) in [6.45, 7) is 1.83. The molecule has 2 unspecified atom stereocenters.